The minimum absolute atomic E-state index is 0.00977. The van der Waals surface area contributed by atoms with Crippen molar-refractivity contribution < 1.29 is 14.3 Å². The fraction of sp³-hybridized carbons (Fsp3) is 0.286. The number of ether oxygens (including phenoxy) is 2. The summed E-state index contributed by atoms with van der Waals surface area (Å²) < 4.78 is 11.7. The zero-order valence-electron chi connectivity index (χ0n) is 25.5. The third kappa shape index (κ3) is 7.51. The monoisotopic (exact) mass is 594 g/mol. The first-order chi connectivity index (χ1) is 20.6. The number of carbonyl (C=O) groups is 1. The lowest BCUT2D eigenvalue weighted by Gasteiger charge is -2.25. The second-order valence-corrected chi connectivity index (χ2v) is 12.8. The van der Waals surface area contributed by atoms with Gasteiger partial charge in [0, 0.05) is 34.1 Å². The quantitative estimate of drug-likeness (QED) is 0.184. The van der Waals surface area contributed by atoms with E-state index in [0.29, 0.717) is 19.0 Å². The van der Waals surface area contributed by atoms with Crippen LogP contribution >= 0.6 is 11.3 Å². The van der Waals surface area contributed by atoms with Crippen LogP contribution in [0.4, 0.5) is 10.6 Å². The molecule has 0 saturated carbocycles. The molecule has 43 heavy (non-hydrogen) atoms. The van der Waals surface area contributed by atoms with Crippen LogP contribution in [0.25, 0.3) is 21.2 Å². The number of hydrogen-bond acceptors (Lipinski definition) is 7. The van der Waals surface area contributed by atoms with Gasteiger partial charge >= 0.3 is 6.09 Å². The van der Waals surface area contributed by atoms with Crippen LogP contribution in [0.5, 0.6) is 5.75 Å². The first-order valence-electron chi connectivity index (χ1n) is 14.4. The SMILES string of the molecule is Cc1nnc(N[C@@H](C)c2ccc(-c3ccccc3CN(C)C(=O)OC(C)(C)C)s2)c2cc(OCc3ccccc3)ccc12. The Bertz CT molecular complexity index is 1710. The summed E-state index contributed by atoms with van der Waals surface area (Å²) in [6.45, 7) is 10.7. The van der Waals surface area contributed by atoms with Crippen molar-refractivity contribution in [2.45, 2.75) is 59.4 Å². The van der Waals surface area contributed by atoms with Crippen molar-refractivity contribution >= 4 is 34.0 Å². The van der Waals surface area contributed by atoms with E-state index in [9.17, 15) is 4.79 Å². The molecule has 1 atom stereocenters. The topological polar surface area (TPSA) is 76.6 Å². The minimum atomic E-state index is -0.541. The van der Waals surface area contributed by atoms with Crippen LogP contribution in [0, 0.1) is 6.92 Å². The van der Waals surface area contributed by atoms with Crippen LogP contribution in [0.15, 0.2) is 84.9 Å². The Hall–Kier alpha value is -4.43. The molecule has 0 aliphatic heterocycles. The zero-order chi connectivity index (χ0) is 30.6. The molecular formula is C35H38N4O3S. The van der Waals surface area contributed by atoms with Crippen molar-refractivity contribution in [3.8, 4) is 16.2 Å². The smallest absolute Gasteiger partial charge is 0.410 e. The molecule has 0 spiro atoms. The van der Waals surface area contributed by atoms with Crippen molar-refractivity contribution in [2.24, 2.45) is 0 Å². The number of rotatable bonds is 9. The van der Waals surface area contributed by atoms with E-state index in [1.54, 1.807) is 23.3 Å². The molecule has 2 aromatic heterocycles. The summed E-state index contributed by atoms with van der Waals surface area (Å²) >= 11 is 1.72. The van der Waals surface area contributed by atoms with E-state index in [1.807, 2.05) is 76.2 Å². The fourth-order valence-electron chi connectivity index (χ4n) is 4.77. The minimum Gasteiger partial charge on any atom is -0.489 e. The Labute approximate surface area is 257 Å². The number of aryl methyl sites for hydroxylation is 1. The molecule has 0 unspecified atom stereocenters. The van der Waals surface area contributed by atoms with Crippen LogP contribution in [0.1, 0.15) is 55.4 Å². The highest BCUT2D eigenvalue weighted by Gasteiger charge is 2.21. The third-order valence-electron chi connectivity index (χ3n) is 6.99. The Balaban J connectivity index is 1.33. The van der Waals surface area contributed by atoms with Gasteiger partial charge in [-0.05, 0) is 81.6 Å². The van der Waals surface area contributed by atoms with E-state index in [0.717, 1.165) is 48.7 Å². The number of nitrogens with one attached hydrogen (secondary N) is 1. The molecular weight excluding hydrogens is 556 g/mol. The highest BCUT2D eigenvalue weighted by Crippen LogP contribution is 2.36. The molecule has 7 nitrogen and oxygen atoms in total. The molecule has 5 aromatic rings. The lowest BCUT2D eigenvalue weighted by molar-refractivity contribution is 0.0285. The number of anilines is 1. The van der Waals surface area contributed by atoms with Gasteiger partial charge in [-0.15, -0.1) is 16.4 Å². The molecule has 8 heteroatoms. The molecule has 0 saturated heterocycles. The predicted molar refractivity (Wildman–Crippen MR) is 175 cm³/mol. The second-order valence-electron chi connectivity index (χ2n) is 11.7. The molecule has 0 aliphatic rings. The van der Waals surface area contributed by atoms with Gasteiger partial charge in [-0.3, -0.25) is 0 Å². The first kappa shape index (κ1) is 30.0. The summed E-state index contributed by atoms with van der Waals surface area (Å²) in [6, 6.07) is 28.7. The molecule has 3 aromatic carbocycles. The fourth-order valence-corrected chi connectivity index (χ4v) is 5.84. The number of carbonyl (C=O) groups excluding carboxylic acids is 1. The van der Waals surface area contributed by atoms with Gasteiger partial charge < -0.3 is 19.7 Å². The second kappa shape index (κ2) is 12.8. The van der Waals surface area contributed by atoms with Gasteiger partial charge in [-0.1, -0.05) is 54.6 Å². The van der Waals surface area contributed by atoms with Crippen LogP contribution in [0.2, 0.25) is 0 Å². The highest BCUT2D eigenvalue weighted by molar-refractivity contribution is 7.15. The van der Waals surface area contributed by atoms with E-state index in [2.05, 4.69) is 58.8 Å². The van der Waals surface area contributed by atoms with Gasteiger partial charge in [0.15, 0.2) is 5.82 Å². The number of hydrogen-bond donors (Lipinski definition) is 1. The molecule has 0 aliphatic carbocycles. The summed E-state index contributed by atoms with van der Waals surface area (Å²) in [5.74, 6) is 1.50. The van der Waals surface area contributed by atoms with Crippen molar-refractivity contribution in [2.75, 3.05) is 12.4 Å². The maximum atomic E-state index is 12.6. The van der Waals surface area contributed by atoms with Crippen molar-refractivity contribution in [3.05, 3.63) is 107 Å². The summed E-state index contributed by atoms with van der Waals surface area (Å²) in [4.78, 5) is 16.5. The van der Waals surface area contributed by atoms with E-state index >= 15 is 0 Å². The highest BCUT2D eigenvalue weighted by atomic mass is 32.1. The Morgan fingerprint density at radius 1 is 0.953 bits per heavy atom. The molecule has 222 valence electrons. The molecule has 0 fully saturated rings. The van der Waals surface area contributed by atoms with Gasteiger partial charge in [0.1, 0.15) is 18.0 Å². The van der Waals surface area contributed by atoms with E-state index in [-0.39, 0.29) is 12.1 Å². The number of benzene rings is 3. The Morgan fingerprint density at radius 3 is 2.47 bits per heavy atom. The van der Waals surface area contributed by atoms with Crippen LogP contribution in [0.3, 0.4) is 0 Å². The van der Waals surface area contributed by atoms with Gasteiger partial charge in [0.05, 0.1) is 11.7 Å². The normalized spacial score (nSPS) is 12.1. The van der Waals surface area contributed by atoms with Gasteiger partial charge in [0.25, 0.3) is 0 Å². The summed E-state index contributed by atoms with van der Waals surface area (Å²) in [7, 11) is 1.77. The Kier molecular flexibility index (Phi) is 8.97. The van der Waals surface area contributed by atoms with E-state index in [4.69, 9.17) is 9.47 Å². The molecule has 0 bridgehead atoms. The maximum Gasteiger partial charge on any atom is 0.410 e. The Morgan fingerprint density at radius 2 is 1.70 bits per heavy atom. The molecule has 1 amide bonds. The summed E-state index contributed by atoms with van der Waals surface area (Å²) in [5.41, 5.74) is 3.60. The van der Waals surface area contributed by atoms with Crippen LogP contribution in [-0.2, 0) is 17.9 Å². The average Bonchev–Trinajstić information content (AvgIpc) is 3.48. The number of thiophene rings is 1. The van der Waals surface area contributed by atoms with Gasteiger partial charge in [0.2, 0.25) is 0 Å². The lowest BCUT2D eigenvalue weighted by atomic mass is 10.1. The maximum absolute atomic E-state index is 12.6. The molecule has 1 N–H and O–H groups in total. The number of nitrogens with zero attached hydrogens (tertiary/aromatic N) is 3. The molecule has 0 radical (unpaired) electrons. The largest absolute Gasteiger partial charge is 0.489 e. The van der Waals surface area contributed by atoms with Crippen LogP contribution in [-0.4, -0.2) is 33.8 Å². The van der Waals surface area contributed by atoms with Crippen molar-refractivity contribution in [3.63, 3.8) is 0 Å². The first-order valence-corrected chi connectivity index (χ1v) is 15.2. The van der Waals surface area contributed by atoms with E-state index in [1.165, 1.54) is 0 Å². The summed E-state index contributed by atoms with van der Waals surface area (Å²) in [6.07, 6.45) is -0.341. The van der Waals surface area contributed by atoms with Crippen molar-refractivity contribution in [1.29, 1.82) is 0 Å². The van der Waals surface area contributed by atoms with Gasteiger partial charge in [-0.25, -0.2) is 4.79 Å². The molecule has 2 heterocycles. The molecule has 5 rings (SSSR count). The zero-order valence-corrected chi connectivity index (χ0v) is 26.4. The standard InChI is InChI=1S/C35H38N4O3S/c1-23-28-17-16-27(41-22-25-12-8-7-9-13-25)20-30(28)33(38-37-23)36-24(2)31-18-19-32(43-31)29-15-11-10-14-26(29)21-39(6)34(40)42-35(3,4)5/h7-20,24H,21-22H2,1-6H3,(H,36,38)/t24-/m0/s1. The van der Waals surface area contributed by atoms with Crippen LogP contribution < -0.4 is 10.1 Å². The van der Waals surface area contributed by atoms with Crippen molar-refractivity contribution in [1.82, 2.24) is 15.1 Å². The van der Waals surface area contributed by atoms with E-state index < -0.39 is 5.60 Å². The predicted octanol–water partition coefficient (Wildman–Crippen LogP) is 8.79. The lowest BCUT2D eigenvalue weighted by Crippen LogP contribution is -2.33. The number of fused-ring (bicyclic) bond motifs is 1. The number of aromatic nitrogens is 2. The average molecular weight is 595 g/mol. The van der Waals surface area contributed by atoms with Gasteiger partial charge in [-0.2, -0.15) is 5.10 Å². The number of amides is 1. The summed E-state index contributed by atoms with van der Waals surface area (Å²) in [5, 5.41) is 14.5. The third-order valence-corrected chi connectivity index (χ3v) is 8.29.